The molecule has 0 saturated carbocycles. The highest BCUT2D eigenvalue weighted by atomic mass is 16.2. The van der Waals surface area contributed by atoms with Crippen molar-refractivity contribution >= 4 is 23.0 Å². The monoisotopic (exact) mass is 240 g/mol. The highest BCUT2D eigenvalue weighted by molar-refractivity contribution is 6.34. The van der Waals surface area contributed by atoms with E-state index in [0.717, 1.165) is 28.3 Å². The summed E-state index contributed by atoms with van der Waals surface area (Å²) in [4.78, 5) is 17.3. The van der Waals surface area contributed by atoms with E-state index in [9.17, 15) is 4.79 Å². The predicted molar refractivity (Wildman–Crippen MR) is 72.9 cm³/mol. The number of anilines is 2. The van der Waals surface area contributed by atoms with Gasteiger partial charge in [-0.05, 0) is 31.5 Å². The van der Waals surface area contributed by atoms with Crippen LogP contribution < -0.4 is 4.90 Å². The van der Waals surface area contributed by atoms with Gasteiger partial charge in [-0.1, -0.05) is 24.8 Å². The zero-order chi connectivity index (χ0) is 12.9. The lowest BCUT2D eigenvalue weighted by molar-refractivity contribution is -0.112. The number of benzene rings is 1. The molecule has 3 nitrogen and oxygen atoms in total. The van der Waals surface area contributed by atoms with Crippen molar-refractivity contribution in [1.29, 1.82) is 0 Å². The van der Waals surface area contributed by atoms with Crippen LogP contribution in [0, 0.1) is 13.8 Å². The van der Waals surface area contributed by atoms with E-state index in [0.29, 0.717) is 5.57 Å². The first kappa shape index (κ1) is 10.8. The molecule has 1 amide bonds. The van der Waals surface area contributed by atoms with Crippen molar-refractivity contribution in [2.24, 2.45) is 0 Å². The van der Waals surface area contributed by atoms with Gasteiger partial charge in [-0.2, -0.15) is 0 Å². The molecule has 0 spiro atoms. The molecule has 0 aliphatic carbocycles. The average Bonchev–Trinajstić information content (AvgIpc) is 2.79. The van der Waals surface area contributed by atoms with E-state index in [4.69, 9.17) is 0 Å². The number of aromatic amines is 1. The Morgan fingerprint density at radius 3 is 2.61 bits per heavy atom. The molecular formula is C15H14N2O. The molecule has 2 heterocycles. The normalized spacial score (nSPS) is 14.2. The van der Waals surface area contributed by atoms with Crippen molar-refractivity contribution in [3.63, 3.8) is 0 Å². The van der Waals surface area contributed by atoms with Crippen LogP contribution in [0.15, 0.2) is 36.9 Å². The minimum Gasteiger partial charge on any atom is -0.345 e. The first-order valence-electron chi connectivity index (χ1n) is 5.88. The second-order valence-electron chi connectivity index (χ2n) is 4.62. The van der Waals surface area contributed by atoms with E-state index in [1.165, 1.54) is 0 Å². The van der Waals surface area contributed by atoms with Crippen LogP contribution in [0.4, 0.5) is 11.5 Å². The van der Waals surface area contributed by atoms with E-state index in [1.54, 1.807) is 4.90 Å². The van der Waals surface area contributed by atoms with Gasteiger partial charge in [0.2, 0.25) is 0 Å². The van der Waals surface area contributed by atoms with Crippen LogP contribution in [0.3, 0.4) is 0 Å². The maximum Gasteiger partial charge on any atom is 0.264 e. The number of aryl methyl sites for hydroxylation is 2. The minimum absolute atomic E-state index is 0.0545. The van der Waals surface area contributed by atoms with E-state index in [1.807, 2.05) is 44.2 Å². The zero-order valence-corrected chi connectivity index (χ0v) is 10.4. The molecule has 2 aromatic rings. The van der Waals surface area contributed by atoms with Crippen LogP contribution in [0.2, 0.25) is 0 Å². The Bertz CT molecular complexity index is 667. The SMILES string of the molecule is Cc1cc(C)c(N2C(=O)C(=[14CH2])c3ccccc32)[nH]1. The lowest BCUT2D eigenvalue weighted by Crippen LogP contribution is -2.21. The number of amides is 1. The second-order valence-corrected chi connectivity index (χ2v) is 4.62. The summed E-state index contributed by atoms with van der Waals surface area (Å²) in [6, 6.07) is 9.77. The van der Waals surface area contributed by atoms with Gasteiger partial charge in [-0.25, -0.2) is 0 Å². The summed E-state index contributed by atoms with van der Waals surface area (Å²) in [7, 11) is 0. The number of carbonyl (C=O) groups excluding carboxylic acids is 1. The Hall–Kier alpha value is -2.29. The lowest BCUT2D eigenvalue weighted by Gasteiger charge is -2.16. The Kier molecular flexibility index (Phi) is 2.17. The third kappa shape index (κ3) is 1.34. The molecule has 3 rings (SSSR count). The summed E-state index contributed by atoms with van der Waals surface area (Å²) in [6.07, 6.45) is 0. The van der Waals surface area contributed by atoms with Crippen LogP contribution in [0.5, 0.6) is 0 Å². The van der Waals surface area contributed by atoms with Crippen molar-refractivity contribution in [2.45, 2.75) is 13.8 Å². The van der Waals surface area contributed by atoms with E-state index in [2.05, 4.69) is 11.6 Å². The summed E-state index contributed by atoms with van der Waals surface area (Å²) in [5.74, 6) is 0.782. The largest absolute Gasteiger partial charge is 0.345 e. The molecule has 0 radical (unpaired) electrons. The molecule has 18 heavy (non-hydrogen) atoms. The zero-order valence-electron chi connectivity index (χ0n) is 10.4. The molecule has 0 saturated heterocycles. The number of carbonyl (C=O) groups is 1. The Labute approximate surface area is 106 Å². The Balaban J connectivity index is 2.22. The van der Waals surface area contributed by atoms with Gasteiger partial charge in [0.25, 0.3) is 5.91 Å². The van der Waals surface area contributed by atoms with Crippen molar-refractivity contribution < 1.29 is 4.79 Å². The molecule has 90 valence electrons. The molecule has 1 N–H and O–H groups in total. The third-order valence-electron chi connectivity index (χ3n) is 3.28. The highest BCUT2D eigenvalue weighted by Gasteiger charge is 2.33. The molecule has 0 bridgehead atoms. The van der Waals surface area contributed by atoms with Gasteiger partial charge in [-0.15, -0.1) is 0 Å². The fourth-order valence-corrected chi connectivity index (χ4v) is 2.45. The quantitative estimate of drug-likeness (QED) is 0.762. The van der Waals surface area contributed by atoms with Gasteiger partial charge >= 0.3 is 0 Å². The van der Waals surface area contributed by atoms with Crippen molar-refractivity contribution in [1.82, 2.24) is 4.98 Å². The molecule has 3 heteroatoms. The number of nitrogens with zero attached hydrogens (tertiary/aromatic N) is 1. The summed E-state index contributed by atoms with van der Waals surface area (Å²) >= 11 is 0. The van der Waals surface area contributed by atoms with Crippen molar-refractivity contribution in [3.8, 4) is 0 Å². The smallest absolute Gasteiger partial charge is 0.264 e. The maximum atomic E-state index is 12.3. The van der Waals surface area contributed by atoms with Crippen LogP contribution in [0.1, 0.15) is 16.8 Å². The maximum absolute atomic E-state index is 12.3. The van der Waals surface area contributed by atoms with Crippen molar-refractivity contribution in [2.75, 3.05) is 4.90 Å². The molecule has 1 aliphatic rings. The van der Waals surface area contributed by atoms with E-state index < -0.39 is 0 Å². The average molecular weight is 240 g/mol. The number of para-hydroxylation sites is 1. The Morgan fingerprint density at radius 1 is 1.22 bits per heavy atom. The van der Waals surface area contributed by atoms with Crippen molar-refractivity contribution in [3.05, 3.63) is 53.7 Å². The highest BCUT2D eigenvalue weighted by Crippen LogP contribution is 2.41. The summed E-state index contributed by atoms with van der Waals surface area (Å²) in [5.41, 5.74) is 4.47. The lowest BCUT2D eigenvalue weighted by atomic mass is 10.1. The molecule has 0 atom stereocenters. The van der Waals surface area contributed by atoms with Gasteiger partial charge < -0.3 is 4.98 Å². The first-order chi connectivity index (χ1) is 8.59. The number of nitrogens with one attached hydrogen (secondary N) is 1. The number of hydrogen-bond donors (Lipinski definition) is 1. The fraction of sp³-hybridized carbons (Fsp3) is 0.133. The molecular weight excluding hydrogens is 226 g/mol. The number of fused-ring (bicyclic) bond motifs is 1. The summed E-state index contributed by atoms with van der Waals surface area (Å²) < 4.78 is 0. The van der Waals surface area contributed by atoms with Gasteiger partial charge in [0.15, 0.2) is 0 Å². The predicted octanol–water partition coefficient (Wildman–Crippen LogP) is 3.32. The number of rotatable bonds is 1. The van der Waals surface area contributed by atoms with E-state index in [-0.39, 0.29) is 5.91 Å². The summed E-state index contributed by atoms with van der Waals surface area (Å²) in [6.45, 7) is 7.86. The molecule has 1 aliphatic heterocycles. The van der Waals surface area contributed by atoms with Gasteiger partial charge in [0.1, 0.15) is 5.82 Å². The van der Waals surface area contributed by atoms with Gasteiger partial charge in [0, 0.05) is 16.8 Å². The topological polar surface area (TPSA) is 36.1 Å². The number of aromatic nitrogens is 1. The number of H-pyrrole nitrogens is 1. The molecule has 0 unspecified atom stereocenters. The molecule has 1 aromatic carbocycles. The molecule has 0 fully saturated rings. The van der Waals surface area contributed by atoms with Gasteiger partial charge in [-0.3, -0.25) is 9.69 Å². The van der Waals surface area contributed by atoms with Crippen LogP contribution in [-0.2, 0) is 4.79 Å². The van der Waals surface area contributed by atoms with Gasteiger partial charge in [0.05, 0.1) is 5.69 Å². The standard InChI is InChI=1S/C15H14N2O/c1-9-8-10(2)16-14(9)17-13-7-5-4-6-12(13)11(3)15(17)18/h4-8,16H,3H2,1-2H3/i3+2. The number of hydrogen-bond acceptors (Lipinski definition) is 1. The minimum atomic E-state index is -0.0545. The molecule has 1 aromatic heterocycles. The third-order valence-corrected chi connectivity index (χ3v) is 3.28. The Morgan fingerprint density at radius 2 is 1.94 bits per heavy atom. The fourth-order valence-electron chi connectivity index (χ4n) is 2.45. The van der Waals surface area contributed by atoms with Crippen LogP contribution >= 0.6 is 0 Å². The van der Waals surface area contributed by atoms with Crippen LogP contribution in [-0.4, -0.2) is 10.9 Å². The second kappa shape index (κ2) is 3.60. The summed E-state index contributed by atoms with van der Waals surface area (Å²) in [5, 5.41) is 0. The van der Waals surface area contributed by atoms with E-state index >= 15 is 0 Å². The van der Waals surface area contributed by atoms with Crippen LogP contribution in [0.25, 0.3) is 5.57 Å². The first-order valence-corrected chi connectivity index (χ1v) is 5.88.